The van der Waals surface area contributed by atoms with E-state index in [2.05, 4.69) is 0 Å². The third kappa shape index (κ3) is 1.83. The Morgan fingerprint density at radius 1 is 1.23 bits per heavy atom. The molecule has 0 aromatic rings. The van der Waals surface area contributed by atoms with Gasteiger partial charge in [-0.05, 0) is 20.8 Å². The average molecular weight is 208 g/mol. The summed E-state index contributed by atoms with van der Waals surface area (Å²) in [6, 6.07) is 0. The van der Waals surface area contributed by atoms with Crippen molar-refractivity contribution in [1.82, 2.24) is 0 Å². The van der Waals surface area contributed by atoms with Crippen molar-refractivity contribution in [3.63, 3.8) is 0 Å². The lowest BCUT2D eigenvalue weighted by Gasteiger charge is -2.34. The number of hydrogen-bond donors (Lipinski definition) is 1. The summed E-state index contributed by atoms with van der Waals surface area (Å²) in [7, 11) is -3.99. The molecule has 0 saturated carbocycles. The zero-order valence-electron chi connectivity index (χ0n) is 8.20. The van der Waals surface area contributed by atoms with Crippen molar-refractivity contribution < 1.29 is 17.4 Å². The third-order valence-electron chi connectivity index (χ3n) is 2.47. The Labute approximate surface area is 79.1 Å². The molecule has 0 aliphatic rings. The molecule has 0 spiro atoms. The van der Waals surface area contributed by atoms with Gasteiger partial charge in [-0.3, -0.25) is 5.41 Å². The molecule has 0 saturated heterocycles. The van der Waals surface area contributed by atoms with Crippen LogP contribution in [-0.4, -0.2) is 37.2 Å². The summed E-state index contributed by atoms with van der Waals surface area (Å²) in [5.41, 5.74) is 0. The first-order chi connectivity index (χ1) is 5.88. The van der Waals surface area contributed by atoms with Gasteiger partial charge >= 0.3 is 10.0 Å². The monoisotopic (exact) mass is 208 g/mol. The van der Waals surface area contributed by atoms with Crippen molar-refractivity contribution >= 4 is 15.3 Å². The zero-order chi connectivity index (χ0) is 10.7. The minimum atomic E-state index is -3.99. The maximum atomic E-state index is 11.5. The molecule has 1 N–H and O–H groups in total. The lowest BCUT2D eigenvalue weighted by Crippen LogP contribution is -2.56. The lowest BCUT2D eigenvalue weighted by atomic mass is 10.5. The Morgan fingerprint density at radius 3 is 1.62 bits per heavy atom. The van der Waals surface area contributed by atoms with Gasteiger partial charge in [-0.15, -0.1) is 0 Å². The van der Waals surface area contributed by atoms with Crippen molar-refractivity contribution in [1.29, 1.82) is 5.41 Å². The molecular weight excluding hydrogens is 192 g/mol. The van der Waals surface area contributed by atoms with Crippen LogP contribution < -0.4 is 5.11 Å². The molecule has 0 atom stereocenters. The van der Waals surface area contributed by atoms with Crippen LogP contribution in [0, 0.1) is 5.41 Å². The summed E-state index contributed by atoms with van der Waals surface area (Å²) in [6.07, 6.45) is 0. The highest BCUT2D eigenvalue weighted by Gasteiger charge is 2.36. The van der Waals surface area contributed by atoms with Gasteiger partial charge in [-0.2, -0.15) is 8.42 Å². The summed E-state index contributed by atoms with van der Waals surface area (Å²) in [5, 5.41) is 15.9. The Bertz CT molecular complexity index is 272. The standard InChI is InChI=1S/C7H16N2O3S/c1-4-9(5-2,6-3)13(11,12)7(8)10/h4-6H2,1-3H3,(H-,8,10). The Kier molecular flexibility index (Phi) is 3.87. The summed E-state index contributed by atoms with van der Waals surface area (Å²) >= 11 is 0. The van der Waals surface area contributed by atoms with Gasteiger partial charge in [0, 0.05) is 0 Å². The van der Waals surface area contributed by atoms with Gasteiger partial charge in [0.15, 0.2) is 0 Å². The number of nitrogens with zero attached hydrogens (tertiary/aromatic N) is 1. The van der Waals surface area contributed by atoms with Crippen LogP contribution in [-0.2, 0) is 10.0 Å². The van der Waals surface area contributed by atoms with Crippen LogP contribution >= 0.6 is 0 Å². The molecule has 0 rings (SSSR count). The minimum absolute atomic E-state index is 0.319. The highest BCUT2D eigenvalue weighted by molar-refractivity contribution is 8.00. The molecule has 0 aliphatic heterocycles. The first kappa shape index (κ1) is 12.4. The Hall–Kier alpha value is -0.620. The highest BCUT2D eigenvalue weighted by atomic mass is 32.2. The predicted octanol–water partition coefficient (Wildman–Crippen LogP) is -0.512. The maximum absolute atomic E-state index is 11.5. The van der Waals surface area contributed by atoms with Crippen LogP contribution in [0.15, 0.2) is 0 Å². The number of nitrogens with one attached hydrogen (secondary N) is 1. The molecule has 0 aromatic heterocycles. The predicted molar refractivity (Wildman–Crippen MR) is 48.5 cm³/mol. The SMILES string of the molecule is CC[N+](CC)(CC)S(=O)(=O)C(=N)[O-]. The molecule has 5 nitrogen and oxygen atoms in total. The van der Waals surface area contributed by atoms with Gasteiger partial charge in [0.2, 0.25) is 0 Å². The minimum Gasteiger partial charge on any atom is -0.847 e. The molecule has 0 unspecified atom stereocenters. The van der Waals surface area contributed by atoms with Crippen LogP contribution in [0.4, 0.5) is 0 Å². The van der Waals surface area contributed by atoms with E-state index in [1.165, 1.54) is 0 Å². The highest BCUT2D eigenvalue weighted by Crippen LogP contribution is 2.14. The summed E-state index contributed by atoms with van der Waals surface area (Å²) in [6.45, 7) is 6.06. The van der Waals surface area contributed by atoms with E-state index in [1.807, 2.05) is 0 Å². The Balaban J connectivity index is 5.30. The quantitative estimate of drug-likeness (QED) is 0.384. The summed E-state index contributed by atoms with van der Waals surface area (Å²) in [4.78, 5) is 0. The van der Waals surface area contributed by atoms with E-state index < -0.39 is 15.3 Å². The molecule has 0 radical (unpaired) electrons. The van der Waals surface area contributed by atoms with Crippen LogP contribution in [0.25, 0.3) is 0 Å². The molecule has 0 heterocycles. The molecule has 0 fully saturated rings. The van der Waals surface area contributed by atoms with Gasteiger partial charge in [0.25, 0.3) is 0 Å². The van der Waals surface area contributed by atoms with Gasteiger partial charge in [-0.25, -0.2) is 3.89 Å². The fourth-order valence-electron chi connectivity index (χ4n) is 1.36. The first-order valence-electron chi connectivity index (χ1n) is 4.24. The second-order valence-corrected chi connectivity index (χ2v) is 4.86. The second-order valence-electron chi connectivity index (χ2n) is 2.77. The van der Waals surface area contributed by atoms with E-state index in [0.717, 1.165) is 0 Å². The normalized spacial score (nSPS) is 12.8. The molecule has 0 amide bonds. The maximum Gasteiger partial charge on any atom is 0.330 e. The molecular formula is C7H16N2O3S. The van der Waals surface area contributed by atoms with E-state index in [0.29, 0.717) is 19.6 Å². The fourth-order valence-corrected chi connectivity index (χ4v) is 2.73. The zero-order valence-corrected chi connectivity index (χ0v) is 9.02. The second kappa shape index (κ2) is 4.06. The third-order valence-corrected chi connectivity index (χ3v) is 4.74. The van der Waals surface area contributed by atoms with Crippen LogP contribution in [0.5, 0.6) is 0 Å². The van der Waals surface area contributed by atoms with E-state index in [-0.39, 0.29) is 3.89 Å². The van der Waals surface area contributed by atoms with Crippen molar-refractivity contribution in [2.24, 2.45) is 0 Å². The number of sulfonamides is 1. The van der Waals surface area contributed by atoms with E-state index in [4.69, 9.17) is 5.41 Å². The molecule has 78 valence electrons. The van der Waals surface area contributed by atoms with Crippen molar-refractivity contribution in [2.45, 2.75) is 20.8 Å². The van der Waals surface area contributed by atoms with Crippen LogP contribution in [0.2, 0.25) is 0 Å². The molecule has 0 aromatic carbocycles. The lowest BCUT2D eigenvalue weighted by molar-refractivity contribution is -0.799. The fraction of sp³-hybridized carbons (Fsp3) is 0.857. The smallest absolute Gasteiger partial charge is 0.330 e. The van der Waals surface area contributed by atoms with E-state index >= 15 is 0 Å². The Morgan fingerprint density at radius 2 is 1.54 bits per heavy atom. The molecule has 6 heteroatoms. The van der Waals surface area contributed by atoms with Gasteiger partial charge < -0.3 is 5.11 Å². The van der Waals surface area contributed by atoms with Gasteiger partial charge in [0.1, 0.15) is 5.23 Å². The largest absolute Gasteiger partial charge is 0.847 e. The van der Waals surface area contributed by atoms with Crippen molar-refractivity contribution in [3.8, 4) is 0 Å². The average Bonchev–Trinajstić information content (AvgIpc) is 2.08. The molecule has 0 bridgehead atoms. The number of hydrogen-bond acceptors (Lipinski definition) is 4. The van der Waals surface area contributed by atoms with Crippen LogP contribution in [0.3, 0.4) is 0 Å². The van der Waals surface area contributed by atoms with E-state index in [9.17, 15) is 13.5 Å². The number of rotatable bonds is 4. The first-order valence-corrected chi connectivity index (χ1v) is 5.68. The molecule has 13 heavy (non-hydrogen) atoms. The number of quaternary nitrogens is 1. The summed E-state index contributed by atoms with van der Waals surface area (Å²) in [5.74, 6) is 0. The topological polar surface area (TPSA) is 81.0 Å². The molecule has 0 aliphatic carbocycles. The van der Waals surface area contributed by atoms with Crippen LogP contribution in [0.1, 0.15) is 20.8 Å². The summed E-state index contributed by atoms with van der Waals surface area (Å²) < 4.78 is 22.6. The van der Waals surface area contributed by atoms with Crippen molar-refractivity contribution in [3.05, 3.63) is 0 Å². The van der Waals surface area contributed by atoms with E-state index in [1.54, 1.807) is 20.8 Å². The van der Waals surface area contributed by atoms with Crippen molar-refractivity contribution in [2.75, 3.05) is 19.6 Å². The van der Waals surface area contributed by atoms with Gasteiger partial charge in [0.05, 0.1) is 19.6 Å². The van der Waals surface area contributed by atoms with Gasteiger partial charge in [-0.1, -0.05) is 0 Å².